The van der Waals surface area contributed by atoms with Gasteiger partial charge in [0, 0.05) is 29.6 Å². The molecule has 0 saturated heterocycles. The van der Waals surface area contributed by atoms with Gasteiger partial charge in [-0.25, -0.2) is 0 Å². The number of nitrogens with one attached hydrogen (secondary N) is 1. The van der Waals surface area contributed by atoms with E-state index in [1.165, 1.54) is 22.3 Å². The number of amides is 1. The lowest BCUT2D eigenvalue weighted by atomic mass is 9.92. The van der Waals surface area contributed by atoms with Gasteiger partial charge in [0.05, 0.1) is 24.9 Å². The molecule has 1 aromatic heterocycles. The Balaban J connectivity index is 1.35. The van der Waals surface area contributed by atoms with Gasteiger partial charge in [-0.05, 0) is 97.8 Å². The van der Waals surface area contributed by atoms with Crippen molar-refractivity contribution in [2.75, 3.05) is 18.5 Å². The molecule has 0 aliphatic heterocycles. The third-order valence-corrected chi connectivity index (χ3v) is 8.00. The van der Waals surface area contributed by atoms with Crippen molar-refractivity contribution < 1.29 is 19.1 Å². The Morgan fingerprint density at radius 1 is 0.867 bits per heavy atom. The number of esters is 1. The second-order valence-corrected chi connectivity index (χ2v) is 11.2. The second kappa shape index (κ2) is 14.6. The number of rotatable bonds is 12. The second-order valence-electron chi connectivity index (χ2n) is 11.2. The van der Waals surface area contributed by atoms with Crippen molar-refractivity contribution in [2.45, 2.75) is 46.6 Å². The van der Waals surface area contributed by atoms with E-state index >= 15 is 0 Å². The van der Waals surface area contributed by atoms with Gasteiger partial charge in [-0.15, -0.1) is 0 Å². The third kappa shape index (κ3) is 7.52. The zero-order valence-electron chi connectivity index (χ0n) is 26.4. The van der Waals surface area contributed by atoms with Gasteiger partial charge in [-0.2, -0.15) is 0 Å². The normalized spacial score (nSPS) is 11.5. The standard InChI is InChI=1S/C39H40N2O4/c1-5-44-38(43)19-12-24-45-36-18-11-10-17-34(36)40-37(42)25-29(4)30-20-21-35-31(26-30)22-23-41(35)39(32-15-8-6-13-27(32)2)33-16-9-7-14-28(33)3/h6-11,13-18,20-23,25-26,39H,5,12,19,24H2,1-4H3,(H,40,42)/b29-25+. The molecular weight excluding hydrogens is 560 g/mol. The minimum absolute atomic E-state index is 0.0330. The van der Waals surface area contributed by atoms with E-state index in [4.69, 9.17) is 9.47 Å². The van der Waals surface area contributed by atoms with Crippen molar-refractivity contribution in [3.63, 3.8) is 0 Å². The molecule has 6 heteroatoms. The van der Waals surface area contributed by atoms with E-state index in [1.54, 1.807) is 25.1 Å². The molecule has 0 aliphatic rings. The van der Waals surface area contributed by atoms with Crippen molar-refractivity contribution in [1.82, 2.24) is 4.57 Å². The monoisotopic (exact) mass is 600 g/mol. The van der Waals surface area contributed by atoms with Crippen LogP contribution < -0.4 is 10.1 Å². The fraction of sp³-hybridized carbons (Fsp3) is 0.231. The molecular formula is C39H40N2O4. The number of aromatic nitrogens is 1. The molecule has 0 bridgehead atoms. The summed E-state index contributed by atoms with van der Waals surface area (Å²) in [5.41, 5.74) is 8.56. The molecule has 1 heterocycles. The molecule has 0 aliphatic carbocycles. The highest BCUT2D eigenvalue weighted by molar-refractivity contribution is 6.05. The maximum absolute atomic E-state index is 13.1. The fourth-order valence-corrected chi connectivity index (χ4v) is 5.67. The number of ether oxygens (including phenoxy) is 2. The topological polar surface area (TPSA) is 69.6 Å². The number of fused-ring (bicyclic) bond motifs is 1. The smallest absolute Gasteiger partial charge is 0.305 e. The molecule has 0 radical (unpaired) electrons. The minimum atomic E-state index is -0.244. The number of nitrogens with zero attached hydrogens (tertiary/aromatic N) is 1. The predicted molar refractivity (Wildman–Crippen MR) is 182 cm³/mol. The van der Waals surface area contributed by atoms with Crippen LogP contribution in [0.2, 0.25) is 0 Å². The molecule has 1 amide bonds. The Labute approximate surface area is 265 Å². The molecule has 5 aromatic rings. The highest BCUT2D eigenvalue weighted by atomic mass is 16.5. The van der Waals surface area contributed by atoms with Gasteiger partial charge in [0.15, 0.2) is 0 Å². The van der Waals surface area contributed by atoms with Crippen LogP contribution in [-0.4, -0.2) is 29.7 Å². The van der Waals surface area contributed by atoms with E-state index in [0.717, 1.165) is 22.0 Å². The Morgan fingerprint density at radius 3 is 2.22 bits per heavy atom. The summed E-state index contributed by atoms with van der Waals surface area (Å²) in [6, 6.07) is 33.0. The molecule has 45 heavy (non-hydrogen) atoms. The van der Waals surface area contributed by atoms with Gasteiger partial charge < -0.3 is 19.4 Å². The van der Waals surface area contributed by atoms with Gasteiger partial charge in [-0.3, -0.25) is 9.59 Å². The first-order valence-corrected chi connectivity index (χ1v) is 15.4. The molecule has 1 N–H and O–H groups in total. The van der Waals surface area contributed by atoms with Crippen molar-refractivity contribution in [3.05, 3.63) is 137 Å². The van der Waals surface area contributed by atoms with Gasteiger partial charge in [0.25, 0.3) is 0 Å². The van der Waals surface area contributed by atoms with E-state index in [9.17, 15) is 9.59 Å². The maximum Gasteiger partial charge on any atom is 0.305 e. The quantitative estimate of drug-likeness (QED) is 0.0884. The lowest BCUT2D eigenvalue weighted by molar-refractivity contribution is -0.143. The maximum atomic E-state index is 13.1. The molecule has 230 valence electrons. The van der Waals surface area contributed by atoms with Gasteiger partial charge in [0.2, 0.25) is 5.91 Å². The van der Waals surface area contributed by atoms with E-state index in [1.807, 2.05) is 19.1 Å². The average Bonchev–Trinajstić information content (AvgIpc) is 3.45. The van der Waals surface area contributed by atoms with Crippen LogP contribution in [-0.2, 0) is 14.3 Å². The molecule has 6 nitrogen and oxygen atoms in total. The van der Waals surface area contributed by atoms with Crippen LogP contribution in [0.4, 0.5) is 5.69 Å². The van der Waals surface area contributed by atoms with Crippen LogP contribution in [0.5, 0.6) is 5.75 Å². The summed E-state index contributed by atoms with van der Waals surface area (Å²) in [5, 5.41) is 4.05. The first-order valence-electron chi connectivity index (χ1n) is 15.4. The Kier molecular flexibility index (Phi) is 10.2. The molecule has 4 aromatic carbocycles. The number of hydrogen-bond acceptors (Lipinski definition) is 4. The van der Waals surface area contributed by atoms with Crippen LogP contribution in [0.25, 0.3) is 16.5 Å². The Morgan fingerprint density at radius 2 is 1.53 bits per heavy atom. The summed E-state index contributed by atoms with van der Waals surface area (Å²) in [6.45, 7) is 8.77. The molecule has 0 saturated carbocycles. The van der Waals surface area contributed by atoms with Gasteiger partial charge >= 0.3 is 5.97 Å². The van der Waals surface area contributed by atoms with Crippen LogP contribution in [0, 0.1) is 13.8 Å². The highest BCUT2D eigenvalue weighted by Gasteiger charge is 2.21. The summed E-state index contributed by atoms with van der Waals surface area (Å²) in [4.78, 5) is 24.7. The highest BCUT2D eigenvalue weighted by Crippen LogP contribution is 2.35. The van der Waals surface area contributed by atoms with Crippen LogP contribution in [0.1, 0.15) is 60.5 Å². The minimum Gasteiger partial charge on any atom is -0.491 e. The average molecular weight is 601 g/mol. The number of carbonyl (C=O) groups is 2. The van der Waals surface area contributed by atoms with E-state index < -0.39 is 0 Å². The van der Waals surface area contributed by atoms with Crippen molar-refractivity contribution in [2.24, 2.45) is 0 Å². The summed E-state index contributed by atoms with van der Waals surface area (Å²) in [7, 11) is 0. The molecule has 0 unspecified atom stereocenters. The first kappa shape index (κ1) is 31.3. The largest absolute Gasteiger partial charge is 0.491 e. The molecule has 0 atom stereocenters. The number of para-hydroxylation sites is 2. The summed E-state index contributed by atoms with van der Waals surface area (Å²) < 4.78 is 13.2. The van der Waals surface area contributed by atoms with Crippen LogP contribution >= 0.6 is 0 Å². The molecule has 0 fully saturated rings. The Hall–Kier alpha value is -5.10. The predicted octanol–water partition coefficient (Wildman–Crippen LogP) is 8.66. The lowest BCUT2D eigenvalue weighted by Crippen LogP contribution is -2.14. The van der Waals surface area contributed by atoms with Crippen molar-refractivity contribution in [1.29, 1.82) is 0 Å². The van der Waals surface area contributed by atoms with Crippen LogP contribution in [0.3, 0.4) is 0 Å². The van der Waals surface area contributed by atoms with E-state index in [0.29, 0.717) is 31.1 Å². The third-order valence-electron chi connectivity index (χ3n) is 8.00. The SMILES string of the molecule is CCOC(=O)CCCOc1ccccc1NC(=O)/C=C(\C)c1ccc2c(ccn2C(c2ccccc2C)c2ccccc2C)c1. The zero-order chi connectivity index (χ0) is 31.8. The molecule has 0 spiro atoms. The summed E-state index contributed by atoms with van der Waals surface area (Å²) in [5.74, 6) is 0.0720. The number of carbonyl (C=O) groups excluding carboxylic acids is 2. The number of anilines is 1. The number of hydrogen-bond donors (Lipinski definition) is 1. The van der Waals surface area contributed by atoms with E-state index in [-0.39, 0.29) is 24.3 Å². The Bertz CT molecular complexity index is 1790. The number of benzene rings is 4. The zero-order valence-corrected chi connectivity index (χ0v) is 26.4. The first-order chi connectivity index (χ1) is 21.9. The van der Waals surface area contributed by atoms with Crippen molar-refractivity contribution in [3.8, 4) is 5.75 Å². The lowest BCUT2D eigenvalue weighted by Gasteiger charge is -2.25. The van der Waals surface area contributed by atoms with Crippen LogP contribution in [0.15, 0.2) is 109 Å². The van der Waals surface area contributed by atoms with Crippen molar-refractivity contribution >= 4 is 34.0 Å². The summed E-state index contributed by atoms with van der Waals surface area (Å²) in [6.07, 6.45) is 4.59. The number of aryl methyl sites for hydroxylation is 2. The number of allylic oxidation sites excluding steroid dienone is 1. The summed E-state index contributed by atoms with van der Waals surface area (Å²) >= 11 is 0. The van der Waals surface area contributed by atoms with Gasteiger partial charge in [0.1, 0.15) is 5.75 Å². The van der Waals surface area contributed by atoms with Gasteiger partial charge in [-0.1, -0.05) is 66.7 Å². The van der Waals surface area contributed by atoms with E-state index in [2.05, 4.69) is 103 Å². The molecule has 5 rings (SSSR count). The fourth-order valence-electron chi connectivity index (χ4n) is 5.67.